The van der Waals surface area contributed by atoms with Gasteiger partial charge in [-0.25, -0.2) is 13.4 Å². The van der Waals surface area contributed by atoms with Crippen LogP contribution in [0.25, 0.3) is 10.2 Å². The van der Waals surface area contributed by atoms with Crippen molar-refractivity contribution in [2.45, 2.75) is 11.8 Å². The number of hydrogen-bond acceptors (Lipinski definition) is 7. The highest BCUT2D eigenvalue weighted by atomic mass is 32.2. The van der Waals surface area contributed by atoms with Gasteiger partial charge in [0.05, 0.1) is 26.4 Å². The van der Waals surface area contributed by atoms with Gasteiger partial charge in [0.15, 0.2) is 26.5 Å². The lowest BCUT2D eigenvalue weighted by Crippen LogP contribution is -2.17. The largest absolute Gasteiger partial charge is 0.454 e. The Hall–Kier alpha value is -2.65. The predicted molar refractivity (Wildman–Crippen MR) is 97.9 cm³/mol. The number of amides is 1. The molecule has 3 aromatic rings. The monoisotopic (exact) mass is 390 g/mol. The molecule has 1 amide bonds. The Morgan fingerprint density at radius 1 is 1.23 bits per heavy atom. The van der Waals surface area contributed by atoms with Crippen molar-refractivity contribution in [2.75, 3.05) is 17.9 Å². The Morgan fingerprint density at radius 3 is 2.73 bits per heavy atom. The van der Waals surface area contributed by atoms with Gasteiger partial charge in [-0.15, -0.1) is 0 Å². The smallest absolute Gasteiger partial charge is 0.258 e. The molecule has 0 radical (unpaired) electrons. The molecule has 0 spiro atoms. The van der Waals surface area contributed by atoms with Crippen LogP contribution in [0, 0.1) is 0 Å². The van der Waals surface area contributed by atoms with Gasteiger partial charge in [0.2, 0.25) is 6.79 Å². The predicted octanol–water partition coefficient (Wildman–Crippen LogP) is 3.07. The summed E-state index contributed by atoms with van der Waals surface area (Å²) in [6, 6.07) is 9.70. The van der Waals surface area contributed by atoms with Crippen molar-refractivity contribution < 1.29 is 22.7 Å². The fourth-order valence-corrected chi connectivity index (χ4v) is 4.58. The van der Waals surface area contributed by atoms with E-state index in [1.807, 2.05) is 0 Å². The summed E-state index contributed by atoms with van der Waals surface area (Å²) in [6.45, 7) is 1.72. The van der Waals surface area contributed by atoms with E-state index in [2.05, 4.69) is 10.3 Å². The lowest BCUT2D eigenvalue weighted by Gasteiger charge is -2.08. The number of rotatable bonds is 4. The van der Waals surface area contributed by atoms with Gasteiger partial charge in [-0.3, -0.25) is 10.1 Å². The van der Waals surface area contributed by atoms with Gasteiger partial charge in [-0.1, -0.05) is 30.4 Å². The number of carbonyl (C=O) groups excluding carboxylic acids is 1. The van der Waals surface area contributed by atoms with Crippen LogP contribution in [-0.2, 0) is 9.84 Å². The number of nitrogens with zero attached hydrogens (tertiary/aromatic N) is 1. The molecule has 0 bridgehead atoms. The number of anilines is 1. The molecule has 1 aliphatic rings. The van der Waals surface area contributed by atoms with Gasteiger partial charge in [-0.2, -0.15) is 0 Å². The van der Waals surface area contributed by atoms with Crippen LogP contribution >= 0.6 is 11.3 Å². The van der Waals surface area contributed by atoms with Crippen LogP contribution in [0.2, 0.25) is 0 Å². The van der Waals surface area contributed by atoms with Crippen molar-refractivity contribution in [3.63, 3.8) is 0 Å². The zero-order valence-corrected chi connectivity index (χ0v) is 15.3. The van der Waals surface area contributed by atoms with Crippen molar-refractivity contribution in [2.24, 2.45) is 0 Å². The highest BCUT2D eigenvalue weighted by Crippen LogP contribution is 2.39. The van der Waals surface area contributed by atoms with Gasteiger partial charge in [0, 0.05) is 12.1 Å². The van der Waals surface area contributed by atoms with Crippen LogP contribution in [0.3, 0.4) is 0 Å². The van der Waals surface area contributed by atoms with E-state index < -0.39 is 15.7 Å². The molecule has 1 aliphatic heterocycles. The minimum atomic E-state index is -3.51. The molecule has 1 aromatic heterocycles. The van der Waals surface area contributed by atoms with E-state index in [9.17, 15) is 13.2 Å². The number of thiazole rings is 1. The Balaban J connectivity index is 1.66. The van der Waals surface area contributed by atoms with Crippen LogP contribution in [-0.4, -0.2) is 31.9 Å². The van der Waals surface area contributed by atoms with E-state index in [4.69, 9.17) is 9.47 Å². The Morgan fingerprint density at radius 2 is 1.96 bits per heavy atom. The van der Waals surface area contributed by atoms with Crippen LogP contribution in [0.15, 0.2) is 41.3 Å². The third-order valence-corrected chi connectivity index (χ3v) is 6.67. The van der Waals surface area contributed by atoms with Gasteiger partial charge in [0.25, 0.3) is 5.91 Å². The zero-order chi connectivity index (χ0) is 18.3. The molecule has 1 N–H and O–H groups in total. The highest BCUT2D eigenvalue weighted by Gasteiger charge is 2.22. The Bertz CT molecular complexity index is 1080. The molecule has 0 saturated carbocycles. The van der Waals surface area contributed by atoms with Gasteiger partial charge in [-0.05, 0) is 12.1 Å². The number of benzene rings is 2. The van der Waals surface area contributed by atoms with Crippen molar-refractivity contribution in [3.8, 4) is 11.5 Å². The molecular formula is C17H14N2O5S2. The van der Waals surface area contributed by atoms with Gasteiger partial charge in [0.1, 0.15) is 0 Å². The average molecular weight is 390 g/mol. The molecule has 0 unspecified atom stereocenters. The minimum Gasteiger partial charge on any atom is -0.454 e. The molecule has 134 valence electrons. The van der Waals surface area contributed by atoms with Crippen molar-refractivity contribution in [1.82, 2.24) is 4.98 Å². The molecule has 2 heterocycles. The van der Waals surface area contributed by atoms with Crippen LogP contribution in [0.4, 0.5) is 5.13 Å². The Kier molecular flexibility index (Phi) is 4.04. The maximum atomic E-state index is 12.6. The lowest BCUT2D eigenvalue weighted by molar-refractivity contribution is 0.102. The molecule has 4 rings (SSSR count). The standard InChI is InChI=1S/C17H14N2O5S2/c1-2-26(21,22)15-6-4-3-5-10(15)16(20)19-17-18-11-7-12-13(24-9-23-12)8-14(11)25-17/h3-8H,2,9H2,1H3,(H,18,19,20). The van der Waals surface area contributed by atoms with E-state index in [-0.39, 0.29) is 23.0 Å². The topological polar surface area (TPSA) is 94.6 Å². The average Bonchev–Trinajstić information content (AvgIpc) is 3.24. The molecule has 7 nitrogen and oxygen atoms in total. The van der Waals surface area contributed by atoms with E-state index >= 15 is 0 Å². The molecule has 0 aliphatic carbocycles. The number of nitrogens with one attached hydrogen (secondary N) is 1. The van der Waals surface area contributed by atoms with Gasteiger partial charge < -0.3 is 9.47 Å². The number of hydrogen-bond donors (Lipinski definition) is 1. The van der Waals surface area contributed by atoms with E-state index in [0.717, 1.165) is 4.70 Å². The molecule has 26 heavy (non-hydrogen) atoms. The first kappa shape index (κ1) is 16.8. The van der Waals surface area contributed by atoms with Crippen LogP contribution in [0.1, 0.15) is 17.3 Å². The summed E-state index contributed by atoms with van der Waals surface area (Å²) in [5, 5.41) is 3.05. The number of sulfone groups is 1. The van der Waals surface area contributed by atoms with E-state index in [1.165, 1.54) is 23.5 Å². The molecule has 2 aromatic carbocycles. The van der Waals surface area contributed by atoms with Gasteiger partial charge >= 0.3 is 0 Å². The first-order valence-corrected chi connectivity index (χ1v) is 10.3. The molecular weight excluding hydrogens is 376 g/mol. The number of aromatic nitrogens is 1. The fraction of sp³-hybridized carbons (Fsp3) is 0.176. The second-order valence-electron chi connectivity index (χ2n) is 5.55. The first-order chi connectivity index (χ1) is 12.5. The van der Waals surface area contributed by atoms with Crippen molar-refractivity contribution in [3.05, 3.63) is 42.0 Å². The number of fused-ring (bicyclic) bond motifs is 2. The third-order valence-electron chi connectivity index (χ3n) is 3.95. The van der Waals surface area contributed by atoms with Crippen LogP contribution in [0.5, 0.6) is 11.5 Å². The summed E-state index contributed by atoms with van der Waals surface area (Å²) < 4.78 is 35.9. The second-order valence-corrected chi connectivity index (χ2v) is 8.82. The summed E-state index contributed by atoms with van der Waals surface area (Å²) in [5.41, 5.74) is 0.770. The lowest BCUT2D eigenvalue weighted by atomic mass is 10.2. The third kappa shape index (κ3) is 2.89. The van der Waals surface area contributed by atoms with E-state index in [1.54, 1.807) is 31.2 Å². The summed E-state index contributed by atoms with van der Waals surface area (Å²) in [7, 11) is -3.51. The molecule has 0 atom stereocenters. The van der Waals surface area contributed by atoms with Crippen molar-refractivity contribution >= 4 is 42.4 Å². The first-order valence-electron chi connectivity index (χ1n) is 7.81. The van der Waals surface area contributed by atoms with E-state index in [0.29, 0.717) is 22.1 Å². The Labute approximate surface area is 153 Å². The van der Waals surface area contributed by atoms with Crippen LogP contribution < -0.4 is 14.8 Å². The highest BCUT2D eigenvalue weighted by molar-refractivity contribution is 7.91. The maximum Gasteiger partial charge on any atom is 0.258 e. The molecule has 0 saturated heterocycles. The number of ether oxygens (including phenoxy) is 2. The van der Waals surface area contributed by atoms with Crippen molar-refractivity contribution in [1.29, 1.82) is 0 Å². The normalized spacial score (nSPS) is 13.1. The molecule has 0 fully saturated rings. The second kappa shape index (κ2) is 6.26. The SMILES string of the molecule is CCS(=O)(=O)c1ccccc1C(=O)Nc1nc2cc3c(cc2s1)OCO3. The summed E-state index contributed by atoms with van der Waals surface area (Å²) in [5.74, 6) is 0.652. The quantitative estimate of drug-likeness (QED) is 0.736. The fourth-order valence-electron chi connectivity index (χ4n) is 2.62. The summed E-state index contributed by atoms with van der Waals surface area (Å²) in [4.78, 5) is 17.0. The zero-order valence-electron chi connectivity index (χ0n) is 13.7. The summed E-state index contributed by atoms with van der Waals surface area (Å²) in [6.07, 6.45) is 0. The minimum absolute atomic E-state index is 0.0156. The number of carbonyl (C=O) groups is 1. The molecule has 9 heteroatoms. The summed E-state index contributed by atoms with van der Waals surface area (Å²) >= 11 is 1.28. The maximum absolute atomic E-state index is 12.6.